The van der Waals surface area contributed by atoms with Gasteiger partial charge in [0.15, 0.2) is 0 Å². The Balaban J connectivity index is 1.97. The summed E-state index contributed by atoms with van der Waals surface area (Å²) in [6.45, 7) is 0.475. The van der Waals surface area contributed by atoms with Crippen molar-refractivity contribution in [2.24, 2.45) is 16.2 Å². The van der Waals surface area contributed by atoms with Gasteiger partial charge in [-0.15, -0.1) is 10.2 Å². The minimum absolute atomic E-state index is 0.475. The molecule has 0 saturated carbocycles. The van der Waals surface area contributed by atoms with E-state index in [1.165, 1.54) is 0 Å². The summed E-state index contributed by atoms with van der Waals surface area (Å²) in [6.07, 6.45) is 0. The number of benzene rings is 2. The second-order valence-corrected chi connectivity index (χ2v) is 4.39. The fourth-order valence-corrected chi connectivity index (χ4v) is 2.12. The Morgan fingerprint density at radius 3 is 2.43 bits per heavy atom. The van der Waals surface area contributed by atoms with Gasteiger partial charge in [0.25, 0.3) is 0 Å². The van der Waals surface area contributed by atoms with Crippen LogP contribution in [0.4, 0.5) is 0 Å². The standard InChI is InChI=1S/C14H13N7/c15-19-16-9-10-5-7-11(8-6-10)12-3-1-2-4-13(12)14-17-20-21-18-14/h1-8H,9H2,(H2,15,16)(H,17,18,20,21). The summed E-state index contributed by atoms with van der Waals surface area (Å²) < 4.78 is 0. The Morgan fingerprint density at radius 2 is 1.76 bits per heavy atom. The largest absolute Gasteiger partial charge is 0.305 e. The first-order valence-corrected chi connectivity index (χ1v) is 6.37. The van der Waals surface area contributed by atoms with Crippen molar-refractivity contribution >= 4 is 0 Å². The Hall–Kier alpha value is -3.09. The van der Waals surface area contributed by atoms with E-state index in [9.17, 15) is 0 Å². The maximum absolute atomic E-state index is 5.01. The summed E-state index contributed by atoms with van der Waals surface area (Å²) in [5, 5.41) is 21.2. The molecule has 1 heterocycles. The van der Waals surface area contributed by atoms with Crippen LogP contribution in [0, 0.1) is 0 Å². The average Bonchev–Trinajstić information content (AvgIpc) is 3.08. The van der Waals surface area contributed by atoms with Crippen LogP contribution < -0.4 is 5.84 Å². The Kier molecular flexibility index (Phi) is 3.64. The van der Waals surface area contributed by atoms with Gasteiger partial charge in [0.05, 0.1) is 6.54 Å². The number of rotatable bonds is 4. The molecular formula is C14H13N7. The molecule has 0 fully saturated rings. The van der Waals surface area contributed by atoms with Gasteiger partial charge in [-0.25, -0.2) is 0 Å². The summed E-state index contributed by atoms with van der Waals surface area (Å²) in [4.78, 5) is 0. The average molecular weight is 279 g/mol. The highest BCUT2D eigenvalue weighted by atomic mass is 15.5. The molecule has 0 radical (unpaired) electrons. The van der Waals surface area contributed by atoms with Crippen LogP contribution >= 0.6 is 0 Å². The van der Waals surface area contributed by atoms with Crippen LogP contribution in [-0.2, 0) is 6.54 Å². The fourth-order valence-electron chi connectivity index (χ4n) is 2.12. The van der Waals surface area contributed by atoms with Crippen LogP contribution in [-0.4, -0.2) is 20.6 Å². The molecule has 0 saturated heterocycles. The molecule has 3 rings (SSSR count). The highest BCUT2D eigenvalue weighted by molar-refractivity contribution is 5.80. The van der Waals surface area contributed by atoms with Crippen molar-refractivity contribution in [1.29, 1.82) is 0 Å². The third-order valence-electron chi connectivity index (χ3n) is 3.11. The zero-order valence-corrected chi connectivity index (χ0v) is 11.1. The zero-order chi connectivity index (χ0) is 14.5. The third-order valence-corrected chi connectivity index (χ3v) is 3.11. The highest BCUT2D eigenvalue weighted by Crippen LogP contribution is 2.29. The van der Waals surface area contributed by atoms with Crippen LogP contribution in [0.25, 0.3) is 22.5 Å². The van der Waals surface area contributed by atoms with Gasteiger partial charge in [0.1, 0.15) is 0 Å². The number of nitrogens with zero attached hydrogens (tertiary/aromatic N) is 5. The van der Waals surface area contributed by atoms with E-state index >= 15 is 0 Å². The summed E-state index contributed by atoms with van der Waals surface area (Å²) in [5.74, 6) is 5.58. The van der Waals surface area contributed by atoms with Crippen LogP contribution in [0.15, 0.2) is 58.9 Å². The molecule has 21 heavy (non-hydrogen) atoms. The van der Waals surface area contributed by atoms with Gasteiger partial charge in [-0.2, -0.15) is 10.3 Å². The molecule has 0 aliphatic carbocycles. The normalized spacial score (nSPS) is 11.0. The molecule has 0 bridgehead atoms. The molecule has 3 aromatic rings. The van der Waals surface area contributed by atoms with E-state index in [0.29, 0.717) is 12.4 Å². The SMILES string of the molecule is NN=NCc1ccc(-c2ccccc2-c2nn[nH]n2)cc1. The Labute approximate surface area is 120 Å². The molecule has 3 N–H and O–H groups in total. The molecule has 2 aromatic carbocycles. The number of nitrogens with two attached hydrogens (primary N) is 1. The maximum atomic E-state index is 5.01. The number of tetrazole rings is 1. The van der Waals surface area contributed by atoms with Crippen molar-refractivity contribution < 1.29 is 0 Å². The van der Waals surface area contributed by atoms with E-state index in [-0.39, 0.29) is 0 Å². The van der Waals surface area contributed by atoms with E-state index in [1.54, 1.807) is 0 Å². The summed E-state index contributed by atoms with van der Waals surface area (Å²) >= 11 is 0. The topological polar surface area (TPSA) is 105 Å². The quantitative estimate of drug-likeness (QED) is 0.434. The second kappa shape index (κ2) is 5.91. The Bertz CT molecular complexity index is 732. The lowest BCUT2D eigenvalue weighted by Crippen LogP contribution is -1.88. The van der Waals surface area contributed by atoms with E-state index in [2.05, 4.69) is 31.0 Å². The number of hydrogen-bond acceptors (Lipinski definition) is 5. The highest BCUT2D eigenvalue weighted by Gasteiger charge is 2.10. The molecular weight excluding hydrogens is 266 g/mol. The minimum Gasteiger partial charge on any atom is -0.305 e. The first kappa shape index (κ1) is 12.9. The Morgan fingerprint density at radius 1 is 1.00 bits per heavy atom. The molecule has 0 amide bonds. The molecule has 0 spiro atoms. The van der Waals surface area contributed by atoms with Crippen LogP contribution in [0.5, 0.6) is 0 Å². The zero-order valence-electron chi connectivity index (χ0n) is 11.1. The van der Waals surface area contributed by atoms with Crippen LogP contribution in [0.3, 0.4) is 0 Å². The van der Waals surface area contributed by atoms with Gasteiger partial charge >= 0.3 is 0 Å². The molecule has 104 valence electrons. The van der Waals surface area contributed by atoms with Gasteiger partial charge < -0.3 is 5.84 Å². The van der Waals surface area contributed by atoms with Crippen LogP contribution in [0.2, 0.25) is 0 Å². The first-order chi connectivity index (χ1) is 10.4. The molecule has 0 atom stereocenters. The fraction of sp³-hybridized carbons (Fsp3) is 0.0714. The number of H-pyrrole nitrogens is 1. The van der Waals surface area contributed by atoms with Crippen LogP contribution in [0.1, 0.15) is 5.56 Å². The molecule has 0 aliphatic heterocycles. The van der Waals surface area contributed by atoms with E-state index < -0.39 is 0 Å². The van der Waals surface area contributed by atoms with Gasteiger partial charge in [0, 0.05) is 5.56 Å². The molecule has 7 heteroatoms. The van der Waals surface area contributed by atoms with Crippen molar-refractivity contribution in [2.75, 3.05) is 0 Å². The van der Waals surface area contributed by atoms with E-state index in [0.717, 1.165) is 22.3 Å². The predicted molar refractivity (Wildman–Crippen MR) is 77.8 cm³/mol. The lowest BCUT2D eigenvalue weighted by Gasteiger charge is -2.07. The predicted octanol–water partition coefficient (Wildman–Crippen LogP) is 2.36. The van der Waals surface area contributed by atoms with Crippen molar-refractivity contribution in [3.8, 4) is 22.5 Å². The van der Waals surface area contributed by atoms with Gasteiger partial charge in [-0.1, -0.05) is 53.8 Å². The number of nitrogens with one attached hydrogen (secondary N) is 1. The summed E-state index contributed by atoms with van der Waals surface area (Å²) in [6, 6.07) is 16.0. The van der Waals surface area contributed by atoms with Crippen molar-refractivity contribution in [1.82, 2.24) is 20.6 Å². The molecule has 0 unspecified atom stereocenters. The third kappa shape index (κ3) is 2.76. The molecule has 0 aliphatic rings. The number of aromatic amines is 1. The number of hydrogen-bond donors (Lipinski definition) is 2. The minimum atomic E-state index is 0.475. The van der Waals surface area contributed by atoms with E-state index in [4.69, 9.17) is 5.84 Å². The monoisotopic (exact) mass is 279 g/mol. The molecule has 1 aromatic heterocycles. The summed E-state index contributed by atoms with van der Waals surface area (Å²) in [5.41, 5.74) is 4.10. The number of aromatic nitrogens is 4. The second-order valence-electron chi connectivity index (χ2n) is 4.39. The smallest absolute Gasteiger partial charge is 0.205 e. The lowest BCUT2D eigenvalue weighted by molar-refractivity contribution is 0.881. The molecule has 7 nitrogen and oxygen atoms in total. The lowest BCUT2D eigenvalue weighted by atomic mass is 9.98. The van der Waals surface area contributed by atoms with Crippen molar-refractivity contribution in [3.05, 3.63) is 54.1 Å². The first-order valence-electron chi connectivity index (χ1n) is 6.37. The van der Waals surface area contributed by atoms with E-state index in [1.807, 2.05) is 48.5 Å². The van der Waals surface area contributed by atoms with Gasteiger partial charge in [-0.05, 0) is 21.9 Å². The maximum Gasteiger partial charge on any atom is 0.205 e. The van der Waals surface area contributed by atoms with Crippen molar-refractivity contribution in [2.45, 2.75) is 6.54 Å². The van der Waals surface area contributed by atoms with Crippen molar-refractivity contribution in [3.63, 3.8) is 0 Å². The van der Waals surface area contributed by atoms with Gasteiger partial charge in [0.2, 0.25) is 5.82 Å². The summed E-state index contributed by atoms with van der Waals surface area (Å²) in [7, 11) is 0. The van der Waals surface area contributed by atoms with Gasteiger partial charge in [-0.3, -0.25) is 0 Å².